The molecule has 0 bridgehead atoms. The highest BCUT2D eigenvalue weighted by molar-refractivity contribution is 7.97. The van der Waals surface area contributed by atoms with Crippen LogP contribution >= 0.6 is 12.6 Å². The van der Waals surface area contributed by atoms with Crippen molar-refractivity contribution in [3.8, 4) is 5.75 Å². The zero-order valence-corrected chi connectivity index (χ0v) is 6.51. The minimum absolute atomic E-state index is 0.134. The van der Waals surface area contributed by atoms with Crippen LogP contribution in [0.5, 0.6) is 5.75 Å². The summed E-state index contributed by atoms with van der Waals surface area (Å²) in [5.74, 6) is -0.134. The molecule has 0 atom stereocenters. The van der Waals surface area contributed by atoms with Crippen molar-refractivity contribution in [3.63, 3.8) is 0 Å². The van der Waals surface area contributed by atoms with Gasteiger partial charge in [0.05, 0.1) is 5.56 Å². The number of anilines is 1. The van der Waals surface area contributed by atoms with Crippen molar-refractivity contribution in [2.24, 2.45) is 0 Å². The van der Waals surface area contributed by atoms with Gasteiger partial charge in [-0.15, -0.1) is 12.6 Å². The van der Waals surface area contributed by atoms with E-state index in [9.17, 15) is 4.79 Å². The predicted molar refractivity (Wildman–Crippen MR) is 45.8 cm³/mol. The molecule has 0 heterocycles. The largest absolute Gasteiger partial charge is 0.507 e. The second-order valence-electron chi connectivity index (χ2n) is 2.08. The Morgan fingerprint density at radius 2 is 2.18 bits per heavy atom. The van der Waals surface area contributed by atoms with E-state index in [4.69, 9.17) is 10.8 Å². The van der Waals surface area contributed by atoms with E-state index in [0.717, 1.165) is 0 Å². The van der Waals surface area contributed by atoms with Crippen molar-refractivity contribution < 1.29 is 9.90 Å². The third-order valence-corrected chi connectivity index (χ3v) is 1.49. The lowest BCUT2D eigenvalue weighted by Crippen LogP contribution is -1.91. The van der Waals surface area contributed by atoms with Crippen LogP contribution in [0.1, 0.15) is 10.4 Å². The smallest absolute Gasteiger partial charge is 0.220 e. The van der Waals surface area contributed by atoms with Crippen LogP contribution in [0.3, 0.4) is 0 Å². The molecule has 0 aliphatic heterocycles. The maximum atomic E-state index is 10.6. The summed E-state index contributed by atoms with van der Waals surface area (Å²) in [5, 5.41) is 8.64. The molecular formula is C7H7NO2S. The molecule has 0 spiro atoms. The molecule has 4 heteroatoms. The normalized spacial score (nSPS) is 9.55. The molecule has 0 amide bonds. The molecule has 1 rings (SSSR count). The maximum Gasteiger partial charge on any atom is 0.220 e. The van der Waals surface area contributed by atoms with Gasteiger partial charge in [0.1, 0.15) is 5.75 Å². The molecule has 0 unspecified atom stereocenters. The summed E-state index contributed by atoms with van der Waals surface area (Å²) in [6.07, 6.45) is 0. The highest BCUT2D eigenvalue weighted by Gasteiger charge is 2.05. The molecule has 1 aromatic carbocycles. The van der Waals surface area contributed by atoms with Crippen LogP contribution < -0.4 is 5.73 Å². The van der Waals surface area contributed by atoms with Crippen molar-refractivity contribution in [1.29, 1.82) is 0 Å². The molecule has 0 fully saturated rings. The zero-order chi connectivity index (χ0) is 8.43. The lowest BCUT2D eigenvalue weighted by Gasteiger charge is -1.99. The van der Waals surface area contributed by atoms with E-state index in [2.05, 4.69) is 12.6 Å². The van der Waals surface area contributed by atoms with Crippen molar-refractivity contribution >= 4 is 23.4 Å². The van der Waals surface area contributed by atoms with Gasteiger partial charge in [0.15, 0.2) is 0 Å². The molecule has 1 aromatic rings. The minimum Gasteiger partial charge on any atom is -0.507 e. The first-order valence-corrected chi connectivity index (χ1v) is 3.38. The van der Waals surface area contributed by atoms with Gasteiger partial charge in [-0.05, 0) is 12.1 Å². The first kappa shape index (κ1) is 7.94. The van der Waals surface area contributed by atoms with Gasteiger partial charge in [-0.2, -0.15) is 0 Å². The maximum absolute atomic E-state index is 10.6. The third kappa shape index (κ3) is 1.65. The molecule has 11 heavy (non-hydrogen) atoms. The van der Waals surface area contributed by atoms with Crippen LogP contribution in [0, 0.1) is 0 Å². The summed E-state index contributed by atoms with van der Waals surface area (Å²) < 4.78 is 0. The number of aromatic hydroxyl groups is 1. The van der Waals surface area contributed by atoms with Crippen LogP contribution in [-0.4, -0.2) is 10.2 Å². The van der Waals surface area contributed by atoms with Crippen LogP contribution in [0.2, 0.25) is 0 Å². The van der Waals surface area contributed by atoms with Crippen LogP contribution in [0.15, 0.2) is 18.2 Å². The van der Waals surface area contributed by atoms with Crippen molar-refractivity contribution in [3.05, 3.63) is 23.8 Å². The number of rotatable bonds is 1. The number of carbonyl (C=O) groups is 1. The standard InChI is InChI=1S/C7H7NO2S/c8-4-1-2-5(7(10)11)6(9)3-4/h1-3,9H,8H2,(H,10,11). The van der Waals surface area contributed by atoms with Gasteiger partial charge in [0.2, 0.25) is 5.12 Å². The number of benzene rings is 1. The Labute approximate surface area is 69.2 Å². The number of phenolic OH excluding ortho intramolecular Hbond substituents is 1. The molecule has 0 aromatic heterocycles. The Morgan fingerprint density at radius 1 is 1.55 bits per heavy atom. The van der Waals surface area contributed by atoms with Gasteiger partial charge in [-0.1, -0.05) is 0 Å². The summed E-state index contributed by atoms with van der Waals surface area (Å²) in [5.41, 5.74) is 5.92. The Morgan fingerprint density at radius 3 is 2.64 bits per heavy atom. The third-order valence-electron chi connectivity index (χ3n) is 1.25. The number of hydrogen-bond donors (Lipinski definition) is 3. The van der Waals surface area contributed by atoms with Crippen LogP contribution in [-0.2, 0) is 0 Å². The number of phenols is 1. The number of hydrogen-bond acceptors (Lipinski definition) is 3. The first-order chi connectivity index (χ1) is 5.11. The average molecular weight is 169 g/mol. The molecule has 3 nitrogen and oxygen atoms in total. The summed E-state index contributed by atoms with van der Waals surface area (Å²) in [6.45, 7) is 0. The molecule has 0 aliphatic carbocycles. The number of carbonyl (C=O) groups excluding carboxylic acids is 1. The number of nitrogens with two attached hydrogens (primary N) is 1. The fourth-order valence-electron chi connectivity index (χ4n) is 0.730. The summed E-state index contributed by atoms with van der Waals surface area (Å²) in [7, 11) is 0. The van der Waals surface area contributed by atoms with E-state index in [1.54, 1.807) is 0 Å². The topological polar surface area (TPSA) is 63.3 Å². The monoisotopic (exact) mass is 169 g/mol. The minimum atomic E-state index is -0.470. The Hall–Kier alpha value is -1.16. The SMILES string of the molecule is Nc1ccc(C(=O)S)c(O)c1. The molecule has 0 saturated carbocycles. The zero-order valence-electron chi connectivity index (χ0n) is 5.61. The molecule has 0 saturated heterocycles. The first-order valence-electron chi connectivity index (χ1n) is 2.93. The van der Waals surface area contributed by atoms with Crippen LogP contribution in [0.25, 0.3) is 0 Å². The van der Waals surface area contributed by atoms with Gasteiger partial charge in [0, 0.05) is 11.8 Å². The van der Waals surface area contributed by atoms with Crippen molar-refractivity contribution in [1.82, 2.24) is 0 Å². The van der Waals surface area contributed by atoms with Gasteiger partial charge in [0.25, 0.3) is 0 Å². The van der Waals surface area contributed by atoms with E-state index < -0.39 is 5.12 Å². The fourth-order valence-corrected chi connectivity index (χ4v) is 0.919. The summed E-state index contributed by atoms with van der Waals surface area (Å²) >= 11 is 3.55. The number of thiol groups is 1. The quantitative estimate of drug-likeness (QED) is 0.435. The van der Waals surface area contributed by atoms with E-state index >= 15 is 0 Å². The fraction of sp³-hybridized carbons (Fsp3) is 0. The Balaban J connectivity index is 3.20. The second kappa shape index (κ2) is 2.84. The highest BCUT2D eigenvalue weighted by atomic mass is 32.1. The van der Waals surface area contributed by atoms with Crippen LogP contribution in [0.4, 0.5) is 5.69 Å². The van der Waals surface area contributed by atoms with Gasteiger partial charge in [-0.25, -0.2) is 0 Å². The van der Waals surface area contributed by atoms with Gasteiger partial charge < -0.3 is 10.8 Å². The average Bonchev–Trinajstić information content (AvgIpc) is 1.85. The summed E-state index contributed by atoms with van der Waals surface area (Å²) in [6, 6.07) is 4.27. The number of nitrogen functional groups attached to an aromatic ring is 1. The predicted octanol–water partition coefficient (Wildman–Crippen LogP) is 1.04. The Bertz CT molecular complexity index is 298. The van der Waals surface area contributed by atoms with E-state index in [0.29, 0.717) is 5.69 Å². The molecule has 3 N–H and O–H groups in total. The van der Waals surface area contributed by atoms with Crippen molar-refractivity contribution in [2.45, 2.75) is 0 Å². The Kier molecular flexibility index (Phi) is 2.05. The van der Waals surface area contributed by atoms with E-state index in [1.807, 2.05) is 0 Å². The van der Waals surface area contributed by atoms with E-state index in [1.165, 1.54) is 18.2 Å². The molecule has 0 radical (unpaired) electrons. The van der Waals surface area contributed by atoms with Gasteiger partial charge in [-0.3, -0.25) is 4.79 Å². The molecule has 0 aliphatic rings. The van der Waals surface area contributed by atoms with Gasteiger partial charge >= 0.3 is 0 Å². The van der Waals surface area contributed by atoms with E-state index in [-0.39, 0.29) is 11.3 Å². The summed E-state index contributed by atoms with van der Waals surface area (Å²) in [4.78, 5) is 10.6. The second-order valence-corrected chi connectivity index (χ2v) is 2.49. The van der Waals surface area contributed by atoms with Crippen molar-refractivity contribution in [2.75, 3.05) is 5.73 Å². The lowest BCUT2D eigenvalue weighted by molar-refractivity contribution is 0.108. The lowest BCUT2D eigenvalue weighted by atomic mass is 10.2. The molecular weight excluding hydrogens is 162 g/mol. The molecule has 58 valence electrons. The highest BCUT2D eigenvalue weighted by Crippen LogP contribution is 2.21.